The number of ether oxygens (including phenoxy) is 3. The number of para-hydroxylation sites is 2. The number of carbonyl (C=O) groups is 2. The number of amides is 2. The molecule has 0 radical (unpaired) electrons. The number of nitrogens with zero attached hydrogens (tertiary/aromatic N) is 1. The summed E-state index contributed by atoms with van der Waals surface area (Å²) in [6.45, 7) is 0.655. The van der Waals surface area contributed by atoms with E-state index in [0.29, 0.717) is 34.6 Å². The highest BCUT2D eigenvalue weighted by atomic mass is 127. The van der Waals surface area contributed by atoms with Crippen LogP contribution in [0.4, 0.5) is 0 Å². The van der Waals surface area contributed by atoms with Gasteiger partial charge >= 0.3 is 0 Å². The molecule has 1 aliphatic carbocycles. The first-order chi connectivity index (χ1) is 19.9. The van der Waals surface area contributed by atoms with Gasteiger partial charge in [-0.15, -0.1) is 0 Å². The summed E-state index contributed by atoms with van der Waals surface area (Å²) in [6, 6.07) is 13.6. The minimum absolute atomic E-state index is 0.0743. The number of benzene rings is 2. The molecule has 3 N–H and O–H groups in total. The van der Waals surface area contributed by atoms with Crippen molar-refractivity contribution < 1.29 is 38.4 Å². The van der Waals surface area contributed by atoms with E-state index in [1.54, 1.807) is 29.2 Å². The Labute approximate surface area is 251 Å². The average Bonchev–Trinajstić information content (AvgIpc) is 3.66. The van der Waals surface area contributed by atoms with Crippen molar-refractivity contribution in [2.45, 2.75) is 43.6 Å². The third-order valence-corrected chi connectivity index (χ3v) is 8.23. The lowest BCUT2D eigenvalue weighted by Crippen LogP contribution is -2.56. The van der Waals surface area contributed by atoms with Gasteiger partial charge in [-0.25, -0.2) is 0 Å². The van der Waals surface area contributed by atoms with Crippen molar-refractivity contribution in [3.63, 3.8) is 0 Å². The van der Waals surface area contributed by atoms with Crippen LogP contribution in [0.1, 0.15) is 29.8 Å². The number of nitrogens with one attached hydrogen (secondary N) is 1. The van der Waals surface area contributed by atoms with Crippen LogP contribution in [0.15, 0.2) is 64.6 Å². The van der Waals surface area contributed by atoms with E-state index in [4.69, 9.17) is 18.6 Å². The highest BCUT2D eigenvalue weighted by Gasteiger charge is 2.42. The Morgan fingerprint density at radius 1 is 1.17 bits per heavy atom. The first-order valence-electron chi connectivity index (χ1n) is 13.6. The Hall–Kier alpha value is -3.13. The molecule has 2 amide bonds. The van der Waals surface area contributed by atoms with Gasteiger partial charge in [0.05, 0.1) is 29.4 Å². The van der Waals surface area contributed by atoms with Gasteiger partial charge in [0, 0.05) is 37.1 Å². The lowest BCUT2D eigenvalue weighted by Gasteiger charge is -2.41. The number of hydrogen-bond acceptors (Lipinski definition) is 8. The van der Waals surface area contributed by atoms with Crippen molar-refractivity contribution in [1.82, 2.24) is 10.2 Å². The number of halogens is 1. The molecule has 2 heterocycles. The van der Waals surface area contributed by atoms with Crippen molar-refractivity contribution in [3.05, 3.63) is 69.5 Å². The molecule has 1 aromatic heterocycles. The van der Waals surface area contributed by atoms with Gasteiger partial charge in [-0.2, -0.15) is 0 Å². The molecule has 218 valence electrons. The van der Waals surface area contributed by atoms with E-state index in [9.17, 15) is 19.8 Å². The summed E-state index contributed by atoms with van der Waals surface area (Å²) in [6.07, 6.45) is 0.998. The molecule has 2 aliphatic rings. The fourth-order valence-corrected chi connectivity index (χ4v) is 5.80. The van der Waals surface area contributed by atoms with Crippen molar-refractivity contribution >= 4 is 45.4 Å². The molecular weight excluding hydrogens is 643 g/mol. The molecule has 10 nitrogen and oxygen atoms in total. The lowest BCUT2D eigenvalue weighted by molar-refractivity contribution is -0.118. The third kappa shape index (κ3) is 6.53. The Balaban J connectivity index is 1.51. The van der Waals surface area contributed by atoms with E-state index < -0.39 is 30.1 Å². The largest absolute Gasteiger partial charge is 0.493 e. The van der Waals surface area contributed by atoms with Gasteiger partial charge < -0.3 is 39.1 Å². The average molecular weight is 677 g/mol. The smallest absolute Gasteiger partial charge is 0.290 e. The molecule has 5 rings (SSSR count). The zero-order chi connectivity index (χ0) is 28.9. The van der Waals surface area contributed by atoms with E-state index in [0.717, 1.165) is 16.4 Å². The highest BCUT2D eigenvalue weighted by molar-refractivity contribution is 14.1. The number of aliphatic hydroxyl groups is 2. The summed E-state index contributed by atoms with van der Waals surface area (Å²) < 4.78 is 24.3. The van der Waals surface area contributed by atoms with Crippen molar-refractivity contribution in [3.8, 4) is 11.5 Å². The number of furan rings is 1. The molecule has 11 heteroatoms. The van der Waals surface area contributed by atoms with Gasteiger partial charge in [0.25, 0.3) is 5.91 Å². The highest BCUT2D eigenvalue weighted by Crippen LogP contribution is 2.33. The van der Waals surface area contributed by atoms with Crippen molar-refractivity contribution in [1.29, 1.82) is 0 Å². The van der Waals surface area contributed by atoms with Crippen LogP contribution in [0.3, 0.4) is 0 Å². The second kappa shape index (κ2) is 13.2. The zero-order valence-corrected chi connectivity index (χ0v) is 24.8. The van der Waals surface area contributed by atoms with E-state index in [1.807, 2.05) is 30.3 Å². The van der Waals surface area contributed by atoms with Crippen molar-refractivity contribution in [2.24, 2.45) is 0 Å². The number of hydrogen-bond donors (Lipinski definition) is 3. The molecule has 0 unspecified atom stereocenters. The van der Waals surface area contributed by atoms with Gasteiger partial charge in [0.2, 0.25) is 5.91 Å². The first-order valence-corrected chi connectivity index (χ1v) is 14.7. The van der Waals surface area contributed by atoms with Crippen molar-refractivity contribution in [2.75, 3.05) is 33.4 Å². The quantitative estimate of drug-likeness (QED) is 0.279. The molecule has 3 aromatic rings. The summed E-state index contributed by atoms with van der Waals surface area (Å²) in [5.41, 5.74) is 0.796. The van der Waals surface area contributed by atoms with E-state index >= 15 is 0 Å². The maximum absolute atomic E-state index is 14.1. The predicted molar refractivity (Wildman–Crippen MR) is 159 cm³/mol. The van der Waals surface area contributed by atoms with Crippen LogP contribution < -0.4 is 14.8 Å². The Morgan fingerprint density at radius 2 is 1.98 bits per heavy atom. The van der Waals surface area contributed by atoms with Crippen LogP contribution in [0.5, 0.6) is 11.5 Å². The van der Waals surface area contributed by atoms with E-state index in [-0.39, 0.29) is 38.0 Å². The summed E-state index contributed by atoms with van der Waals surface area (Å²) in [4.78, 5) is 28.8. The SMILES string of the molecule is COc1cccc2cc(C(=O)N(C[C@@H]3CCCO3)[C@@H]3CC(C(=O)NCCO)=C[C@H](Oc4ccccc4I)[C@H]3O)oc12. The van der Waals surface area contributed by atoms with Gasteiger partial charge in [-0.1, -0.05) is 24.3 Å². The van der Waals surface area contributed by atoms with Gasteiger partial charge in [0.15, 0.2) is 17.1 Å². The van der Waals surface area contributed by atoms with Crippen LogP contribution in [0.2, 0.25) is 0 Å². The van der Waals surface area contributed by atoms with Gasteiger partial charge in [-0.05, 0) is 65.8 Å². The predicted octanol–water partition coefficient (Wildman–Crippen LogP) is 3.28. The Kier molecular flexibility index (Phi) is 9.48. The Morgan fingerprint density at radius 3 is 2.71 bits per heavy atom. The zero-order valence-electron chi connectivity index (χ0n) is 22.6. The second-order valence-electron chi connectivity index (χ2n) is 10.0. The molecule has 1 aliphatic heterocycles. The lowest BCUT2D eigenvalue weighted by atomic mass is 9.87. The molecule has 1 fully saturated rings. The van der Waals surface area contributed by atoms with Crippen LogP contribution in [0, 0.1) is 3.57 Å². The van der Waals surface area contributed by atoms with Crippen LogP contribution in [0.25, 0.3) is 11.0 Å². The summed E-state index contributed by atoms with van der Waals surface area (Å²) in [5.74, 6) is 0.302. The van der Waals surface area contributed by atoms with E-state index in [1.165, 1.54) is 7.11 Å². The molecule has 4 atom stereocenters. The number of carbonyl (C=O) groups excluding carboxylic acids is 2. The van der Waals surface area contributed by atoms with Gasteiger partial charge in [-0.3, -0.25) is 9.59 Å². The second-order valence-corrected chi connectivity index (χ2v) is 11.2. The summed E-state index contributed by atoms with van der Waals surface area (Å²) >= 11 is 2.14. The minimum Gasteiger partial charge on any atom is -0.493 e. The Bertz CT molecular complexity index is 1420. The molecule has 0 bridgehead atoms. The standard InChI is InChI=1S/C30H33IN2O8/c1-38-24-10-4-6-18-15-26(41-28(18)24)30(37)33(17-20-7-5-13-39-20)22-14-19(29(36)32-11-12-34)16-25(27(22)35)40-23-9-3-2-8-21(23)31/h2-4,6,8-10,15-16,20,22,25,27,34-35H,5,7,11-14,17H2,1H3,(H,32,36)/t20-,22+,25-,27-/m0/s1. The molecule has 0 saturated carbocycles. The number of rotatable bonds is 10. The minimum atomic E-state index is -1.16. The fourth-order valence-electron chi connectivity index (χ4n) is 5.29. The maximum atomic E-state index is 14.1. The summed E-state index contributed by atoms with van der Waals surface area (Å²) in [7, 11) is 1.53. The first kappa shape index (κ1) is 29.4. The number of fused-ring (bicyclic) bond motifs is 1. The topological polar surface area (TPSA) is 131 Å². The normalized spacial score (nSPS) is 22.3. The molecular formula is C30H33IN2O8. The molecule has 2 aromatic carbocycles. The van der Waals surface area contributed by atoms with Crippen LogP contribution in [-0.4, -0.2) is 84.7 Å². The van der Waals surface area contributed by atoms with E-state index in [2.05, 4.69) is 27.9 Å². The fraction of sp³-hybridized carbons (Fsp3) is 0.400. The monoisotopic (exact) mass is 676 g/mol. The van der Waals surface area contributed by atoms with Crippen LogP contribution in [-0.2, 0) is 9.53 Å². The summed E-state index contributed by atoms with van der Waals surface area (Å²) in [5, 5.41) is 24.3. The van der Waals surface area contributed by atoms with Gasteiger partial charge in [0.1, 0.15) is 18.0 Å². The number of methoxy groups -OCH3 is 1. The molecule has 0 spiro atoms. The number of aliphatic hydroxyl groups excluding tert-OH is 2. The third-order valence-electron chi connectivity index (χ3n) is 7.34. The molecule has 41 heavy (non-hydrogen) atoms. The van der Waals surface area contributed by atoms with Crippen LogP contribution >= 0.6 is 22.6 Å². The molecule has 1 saturated heterocycles. The maximum Gasteiger partial charge on any atom is 0.290 e.